The Labute approximate surface area is 140 Å². The van der Waals surface area contributed by atoms with Gasteiger partial charge < -0.3 is 10.6 Å². The number of carbonyl (C=O) groups excluding carboxylic acids is 2. The summed E-state index contributed by atoms with van der Waals surface area (Å²) in [6.07, 6.45) is 1.78. The van der Waals surface area contributed by atoms with Gasteiger partial charge in [0.15, 0.2) is 0 Å². The van der Waals surface area contributed by atoms with Crippen LogP contribution in [0.5, 0.6) is 0 Å². The third-order valence-electron chi connectivity index (χ3n) is 3.32. The summed E-state index contributed by atoms with van der Waals surface area (Å²) in [6, 6.07) is 16.6. The highest BCUT2D eigenvalue weighted by Gasteiger charge is 2.07. The van der Waals surface area contributed by atoms with Crippen molar-refractivity contribution in [1.29, 1.82) is 0 Å². The highest BCUT2D eigenvalue weighted by Crippen LogP contribution is 2.09. The molecule has 2 amide bonds. The molecule has 0 fully saturated rings. The molecule has 2 aromatic rings. The number of hydrogen-bond donors (Lipinski definition) is 2. The summed E-state index contributed by atoms with van der Waals surface area (Å²) in [5.74, 6) is -0.485. The predicted octanol–water partition coefficient (Wildman–Crippen LogP) is 2.82. The van der Waals surface area contributed by atoms with E-state index in [0.717, 1.165) is 12.8 Å². The Hall–Kier alpha value is -2.33. The first-order valence-electron chi connectivity index (χ1n) is 7.49. The first kappa shape index (κ1) is 17.0. The molecule has 0 aromatic heterocycles. The van der Waals surface area contributed by atoms with Gasteiger partial charge in [-0.25, -0.2) is 0 Å². The van der Waals surface area contributed by atoms with Crippen molar-refractivity contribution in [3.8, 4) is 0 Å². The lowest BCUT2D eigenvalue weighted by Crippen LogP contribution is -2.37. The number of rotatable bonds is 7. The molecule has 0 spiro atoms. The molecule has 2 aromatic carbocycles. The molecule has 0 atom stereocenters. The van der Waals surface area contributed by atoms with Crippen LogP contribution in [0.25, 0.3) is 0 Å². The molecule has 0 aliphatic heterocycles. The fraction of sp³-hybridized carbons (Fsp3) is 0.222. The summed E-state index contributed by atoms with van der Waals surface area (Å²) >= 11 is 5.76. The van der Waals surface area contributed by atoms with Crippen LogP contribution in [0.3, 0.4) is 0 Å². The summed E-state index contributed by atoms with van der Waals surface area (Å²) in [5, 5.41) is 5.94. The number of aryl methyl sites for hydroxylation is 1. The van der Waals surface area contributed by atoms with Crippen LogP contribution < -0.4 is 10.6 Å². The molecular weight excluding hydrogens is 312 g/mol. The van der Waals surface area contributed by atoms with E-state index in [2.05, 4.69) is 22.8 Å². The van der Waals surface area contributed by atoms with Gasteiger partial charge in [-0.2, -0.15) is 0 Å². The quantitative estimate of drug-likeness (QED) is 0.767. The first-order chi connectivity index (χ1) is 11.1. The number of carbonyl (C=O) groups is 2. The Morgan fingerprint density at radius 2 is 1.61 bits per heavy atom. The largest absolute Gasteiger partial charge is 0.355 e. The molecular formula is C18H19ClN2O2. The van der Waals surface area contributed by atoms with Crippen LogP contribution in [0.2, 0.25) is 5.02 Å². The first-order valence-corrected chi connectivity index (χ1v) is 7.87. The van der Waals surface area contributed by atoms with Gasteiger partial charge in [-0.15, -0.1) is 0 Å². The van der Waals surface area contributed by atoms with Gasteiger partial charge in [0, 0.05) is 17.1 Å². The highest BCUT2D eigenvalue weighted by molar-refractivity contribution is 6.30. The molecule has 0 saturated carbocycles. The standard InChI is InChI=1S/C18H19ClN2O2/c19-16-10-8-15(9-11-16)18(23)21-13-17(22)20-12-4-7-14-5-2-1-3-6-14/h1-3,5-6,8-11H,4,7,12-13H2,(H,20,22)(H,21,23). The minimum Gasteiger partial charge on any atom is -0.355 e. The topological polar surface area (TPSA) is 58.2 Å². The van der Waals surface area contributed by atoms with Crippen LogP contribution in [0.4, 0.5) is 0 Å². The number of amides is 2. The molecule has 0 bridgehead atoms. The zero-order valence-corrected chi connectivity index (χ0v) is 13.5. The normalized spacial score (nSPS) is 10.1. The van der Waals surface area contributed by atoms with Gasteiger partial charge >= 0.3 is 0 Å². The minimum atomic E-state index is -0.291. The Kier molecular flexibility index (Phi) is 6.63. The van der Waals surface area contributed by atoms with Gasteiger partial charge in [0.1, 0.15) is 0 Å². The van der Waals surface area contributed by atoms with Gasteiger partial charge in [0.2, 0.25) is 5.91 Å². The van der Waals surface area contributed by atoms with Crippen LogP contribution in [0.1, 0.15) is 22.3 Å². The highest BCUT2D eigenvalue weighted by atomic mass is 35.5. The third-order valence-corrected chi connectivity index (χ3v) is 3.58. The molecule has 0 aliphatic carbocycles. The molecule has 5 heteroatoms. The van der Waals surface area contributed by atoms with E-state index in [1.54, 1.807) is 24.3 Å². The zero-order valence-electron chi connectivity index (χ0n) is 12.7. The van der Waals surface area contributed by atoms with Crippen molar-refractivity contribution in [2.75, 3.05) is 13.1 Å². The lowest BCUT2D eigenvalue weighted by Gasteiger charge is -2.07. The van der Waals surface area contributed by atoms with E-state index in [-0.39, 0.29) is 18.4 Å². The summed E-state index contributed by atoms with van der Waals surface area (Å²) in [6.45, 7) is 0.553. The fourth-order valence-corrected chi connectivity index (χ4v) is 2.22. The lowest BCUT2D eigenvalue weighted by atomic mass is 10.1. The van der Waals surface area contributed by atoms with Gasteiger partial charge in [0.05, 0.1) is 6.54 Å². The zero-order chi connectivity index (χ0) is 16.5. The summed E-state index contributed by atoms with van der Waals surface area (Å²) < 4.78 is 0. The van der Waals surface area contributed by atoms with Crippen molar-refractivity contribution in [3.05, 3.63) is 70.7 Å². The van der Waals surface area contributed by atoms with Crippen LogP contribution >= 0.6 is 11.6 Å². The third kappa shape index (κ3) is 6.12. The molecule has 4 nitrogen and oxygen atoms in total. The van der Waals surface area contributed by atoms with Crippen LogP contribution in [-0.4, -0.2) is 24.9 Å². The average Bonchev–Trinajstić information content (AvgIpc) is 2.58. The SMILES string of the molecule is O=C(CNC(=O)c1ccc(Cl)cc1)NCCCc1ccccc1. The number of benzene rings is 2. The van der Waals surface area contributed by atoms with Crippen LogP contribution in [0.15, 0.2) is 54.6 Å². The van der Waals surface area contributed by atoms with E-state index in [9.17, 15) is 9.59 Å². The molecule has 23 heavy (non-hydrogen) atoms. The minimum absolute atomic E-state index is 0.0349. The van der Waals surface area contributed by atoms with E-state index < -0.39 is 0 Å². The Balaban J connectivity index is 1.63. The van der Waals surface area contributed by atoms with E-state index in [4.69, 9.17) is 11.6 Å². The van der Waals surface area contributed by atoms with Crippen molar-refractivity contribution in [2.45, 2.75) is 12.8 Å². The molecule has 120 valence electrons. The van der Waals surface area contributed by atoms with E-state index >= 15 is 0 Å². The molecule has 2 rings (SSSR count). The van der Waals surface area contributed by atoms with Gasteiger partial charge in [0.25, 0.3) is 5.91 Å². The Morgan fingerprint density at radius 1 is 0.913 bits per heavy atom. The monoisotopic (exact) mass is 330 g/mol. The van der Waals surface area contributed by atoms with Crippen molar-refractivity contribution in [3.63, 3.8) is 0 Å². The van der Waals surface area contributed by atoms with Crippen molar-refractivity contribution < 1.29 is 9.59 Å². The second-order valence-electron chi connectivity index (χ2n) is 5.13. The summed E-state index contributed by atoms with van der Waals surface area (Å²) in [7, 11) is 0. The molecule has 0 unspecified atom stereocenters. The smallest absolute Gasteiger partial charge is 0.251 e. The lowest BCUT2D eigenvalue weighted by molar-refractivity contribution is -0.120. The Morgan fingerprint density at radius 3 is 2.30 bits per heavy atom. The van der Waals surface area contributed by atoms with Crippen molar-refractivity contribution in [1.82, 2.24) is 10.6 Å². The molecule has 2 N–H and O–H groups in total. The maximum absolute atomic E-state index is 11.8. The van der Waals surface area contributed by atoms with E-state index in [1.807, 2.05) is 18.2 Å². The molecule has 0 radical (unpaired) electrons. The average molecular weight is 331 g/mol. The van der Waals surface area contributed by atoms with Gasteiger partial charge in [-0.1, -0.05) is 41.9 Å². The van der Waals surface area contributed by atoms with Crippen molar-refractivity contribution in [2.24, 2.45) is 0 Å². The predicted molar refractivity (Wildman–Crippen MR) is 91.6 cm³/mol. The van der Waals surface area contributed by atoms with Gasteiger partial charge in [-0.05, 0) is 42.7 Å². The summed E-state index contributed by atoms with van der Waals surface area (Å²) in [5.41, 5.74) is 1.73. The Bertz CT molecular complexity index is 642. The number of halogens is 1. The fourth-order valence-electron chi connectivity index (χ4n) is 2.09. The summed E-state index contributed by atoms with van der Waals surface area (Å²) in [4.78, 5) is 23.5. The second-order valence-corrected chi connectivity index (χ2v) is 5.57. The maximum atomic E-state index is 11.8. The number of nitrogens with one attached hydrogen (secondary N) is 2. The molecule has 0 saturated heterocycles. The van der Waals surface area contributed by atoms with Crippen LogP contribution in [0, 0.1) is 0 Å². The maximum Gasteiger partial charge on any atom is 0.251 e. The van der Waals surface area contributed by atoms with Crippen molar-refractivity contribution >= 4 is 23.4 Å². The number of hydrogen-bond acceptors (Lipinski definition) is 2. The van der Waals surface area contributed by atoms with E-state index in [1.165, 1.54) is 5.56 Å². The molecule has 0 aliphatic rings. The van der Waals surface area contributed by atoms with Crippen LogP contribution in [-0.2, 0) is 11.2 Å². The second kappa shape index (κ2) is 8.96. The van der Waals surface area contributed by atoms with E-state index in [0.29, 0.717) is 17.1 Å². The van der Waals surface area contributed by atoms with Gasteiger partial charge in [-0.3, -0.25) is 9.59 Å². The molecule has 0 heterocycles.